The Balaban J connectivity index is 2.14. The lowest BCUT2D eigenvalue weighted by Crippen LogP contribution is -1.97. The second-order valence-corrected chi connectivity index (χ2v) is 4.49. The van der Waals surface area contributed by atoms with Gasteiger partial charge in [0.1, 0.15) is 0 Å². The molecule has 1 atom stereocenters. The van der Waals surface area contributed by atoms with E-state index in [4.69, 9.17) is 5.73 Å². The van der Waals surface area contributed by atoms with Crippen LogP contribution in [0.4, 0.5) is 5.69 Å². The van der Waals surface area contributed by atoms with E-state index in [2.05, 4.69) is 43.1 Å². The Labute approximate surface area is 108 Å². The van der Waals surface area contributed by atoms with Gasteiger partial charge in [0.05, 0.1) is 6.04 Å². The van der Waals surface area contributed by atoms with Gasteiger partial charge in [0.25, 0.3) is 0 Å². The Morgan fingerprint density at radius 2 is 1.72 bits per heavy atom. The van der Waals surface area contributed by atoms with Crippen molar-refractivity contribution in [2.24, 2.45) is 4.99 Å². The predicted molar refractivity (Wildman–Crippen MR) is 78.0 cm³/mol. The van der Waals surface area contributed by atoms with E-state index in [0.29, 0.717) is 0 Å². The summed E-state index contributed by atoms with van der Waals surface area (Å²) >= 11 is 0. The maximum absolute atomic E-state index is 5.94. The molecule has 0 fully saturated rings. The van der Waals surface area contributed by atoms with Crippen LogP contribution in [0.5, 0.6) is 0 Å². The SMILES string of the molecule is Cc1ccc(C=NC(C)c2ccccc2N)cc1. The first-order valence-electron chi connectivity index (χ1n) is 6.11. The second kappa shape index (κ2) is 5.50. The van der Waals surface area contributed by atoms with Crippen LogP contribution in [0.3, 0.4) is 0 Å². The minimum absolute atomic E-state index is 0.0764. The first kappa shape index (κ1) is 12.4. The number of nitrogens with two attached hydrogens (primary N) is 1. The smallest absolute Gasteiger partial charge is 0.0741 e. The molecule has 0 aliphatic rings. The van der Waals surface area contributed by atoms with Gasteiger partial charge < -0.3 is 5.73 Å². The van der Waals surface area contributed by atoms with Gasteiger partial charge >= 0.3 is 0 Å². The molecule has 2 aromatic rings. The number of nitrogens with zero attached hydrogens (tertiary/aromatic N) is 1. The van der Waals surface area contributed by atoms with Crippen molar-refractivity contribution in [2.45, 2.75) is 19.9 Å². The van der Waals surface area contributed by atoms with Crippen molar-refractivity contribution in [2.75, 3.05) is 5.73 Å². The summed E-state index contributed by atoms with van der Waals surface area (Å²) < 4.78 is 0. The predicted octanol–water partition coefficient (Wildman–Crippen LogP) is 3.76. The molecule has 0 aromatic heterocycles. The Morgan fingerprint density at radius 1 is 1.06 bits per heavy atom. The minimum Gasteiger partial charge on any atom is -0.398 e. The van der Waals surface area contributed by atoms with Crippen LogP contribution in [0.1, 0.15) is 29.7 Å². The Hall–Kier alpha value is -2.09. The number of aryl methyl sites for hydroxylation is 1. The zero-order valence-electron chi connectivity index (χ0n) is 10.8. The molecule has 0 spiro atoms. The first-order chi connectivity index (χ1) is 8.66. The zero-order chi connectivity index (χ0) is 13.0. The monoisotopic (exact) mass is 238 g/mol. The molecule has 0 saturated carbocycles. The molecule has 18 heavy (non-hydrogen) atoms. The van der Waals surface area contributed by atoms with Crippen molar-refractivity contribution < 1.29 is 0 Å². The molecule has 0 saturated heterocycles. The fraction of sp³-hybridized carbons (Fsp3) is 0.188. The largest absolute Gasteiger partial charge is 0.398 e. The average molecular weight is 238 g/mol. The molecule has 0 amide bonds. The summed E-state index contributed by atoms with van der Waals surface area (Å²) in [6.45, 7) is 4.13. The standard InChI is InChI=1S/C16H18N2/c1-12-7-9-14(10-8-12)11-18-13(2)15-5-3-4-6-16(15)17/h3-11,13H,17H2,1-2H3. The summed E-state index contributed by atoms with van der Waals surface area (Å²) in [6.07, 6.45) is 1.90. The fourth-order valence-corrected chi connectivity index (χ4v) is 1.82. The minimum atomic E-state index is 0.0764. The molecule has 2 rings (SSSR count). The topological polar surface area (TPSA) is 38.4 Å². The van der Waals surface area contributed by atoms with Crippen molar-refractivity contribution in [3.63, 3.8) is 0 Å². The number of aliphatic imine (C=N–C) groups is 1. The third-order valence-electron chi connectivity index (χ3n) is 2.97. The fourth-order valence-electron chi connectivity index (χ4n) is 1.82. The Bertz CT molecular complexity index is 541. The Morgan fingerprint density at radius 3 is 2.39 bits per heavy atom. The number of hydrogen-bond donors (Lipinski definition) is 1. The highest BCUT2D eigenvalue weighted by Gasteiger charge is 2.05. The maximum Gasteiger partial charge on any atom is 0.0741 e. The van der Waals surface area contributed by atoms with E-state index >= 15 is 0 Å². The van der Waals surface area contributed by atoms with Crippen LogP contribution in [0, 0.1) is 6.92 Å². The molecule has 2 N–H and O–H groups in total. The molecule has 0 aliphatic carbocycles. The van der Waals surface area contributed by atoms with Crippen LogP contribution in [0.2, 0.25) is 0 Å². The van der Waals surface area contributed by atoms with Crippen LogP contribution in [-0.2, 0) is 0 Å². The van der Waals surface area contributed by atoms with E-state index in [0.717, 1.165) is 16.8 Å². The molecule has 0 aliphatic heterocycles. The van der Waals surface area contributed by atoms with E-state index in [1.165, 1.54) is 5.56 Å². The molecule has 92 valence electrons. The second-order valence-electron chi connectivity index (χ2n) is 4.49. The highest BCUT2D eigenvalue weighted by Crippen LogP contribution is 2.22. The van der Waals surface area contributed by atoms with Crippen molar-refractivity contribution >= 4 is 11.9 Å². The third kappa shape index (κ3) is 2.98. The first-order valence-corrected chi connectivity index (χ1v) is 6.11. The number of nitrogen functional groups attached to an aromatic ring is 1. The van der Waals surface area contributed by atoms with Crippen molar-refractivity contribution in [1.29, 1.82) is 0 Å². The molecular weight excluding hydrogens is 220 g/mol. The van der Waals surface area contributed by atoms with Crippen LogP contribution >= 0.6 is 0 Å². The van der Waals surface area contributed by atoms with Crippen LogP contribution in [-0.4, -0.2) is 6.21 Å². The van der Waals surface area contributed by atoms with Crippen molar-refractivity contribution in [3.8, 4) is 0 Å². The Kier molecular flexibility index (Phi) is 3.78. The van der Waals surface area contributed by atoms with Crippen molar-refractivity contribution in [3.05, 3.63) is 65.2 Å². The highest BCUT2D eigenvalue weighted by atomic mass is 14.8. The van der Waals surface area contributed by atoms with E-state index in [1.54, 1.807) is 0 Å². The van der Waals surface area contributed by atoms with Gasteiger partial charge in [0, 0.05) is 11.9 Å². The number of para-hydroxylation sites is 1. The van der Waals surface area contributed by atoms with Crippen LogP contribution < -0.4 is 5.73 Å². The van der Waals surface area contributed by atoms with Gasteiger partial charge in [-0.15, -0.1) is 0 Å². The van der Waals surface area contributed by atoms with Crippen LogP contribution in [0.15, 0.2) is 53.5 Å². The van der Waals surface area contributed by atoms with Gasteiger partial charge in [-0.05, 0) is 31.0 Å². The number of rotatable bonds is 3. The summed E-state index contributed by atoms with van der Waals surface area (Å²) in [6, 6.07) is 16.2. The molecule has 2 nitrogen and oxygen atoms in total. The normalized spacial score (nSPS) is 12.8. The van der Waals surface area contributed by atoms with E-state index in [9.17, 15) is 0 Å². The van der Waals surface area contributed by atoms with Crippen LogP contribution in [0.25, 0.3) is 0 Å². The number of anilines is 1. The van der Waals surface area contributed by atoms with Gasteiger partial charge in [-0.25, -0.2) is 0 Å². The molecule has 0 radical (unpaired) electrons. The van der Waals surface area contributed by atoms with E-state index in [1.807, 2.05) is 30.5 Å². The summed E-state index contributed by atoms with van der Waals surface area (Å²) in [4.78, 5) is 4.55. The quantitative estimate of drug-likeness (QED) is 0.641. The molecular formula is C16H18N2. The van der Waals surface area contributed by atoms with Gasteiger partial charge in [0.2, 0.25) is 0 Å². The summed E-state index contributed by atoms with van der Waals surface area (Å²) in [5.41, 5.74) is 10.2. The lowest BCUT2D eigenvalue weighted by atomic mass is 10.1. The van der Waals surface area contributed by atoms with Gasteiger partial charge in [-0.1, -0.05) is 48.0 Å². The highest BCUT2D eigenvalue weighted by molar-refractivity contribution is 5.79. The lowest BCUT2D eigenvalue weighted by molar-refractivity contribution is 0.828. The van der Waals surface area contributed by atoms with E-state index < -0.39 is 0 Å². The third-order valence-corrected chi connectivity index (χ3v) is 2.97. The molecule has 0 bridgehead atoms. The average Bonchev–Trinajstić information content (AvgIpc) is 2.38. The number of hydrogen-bond acceptors (Lipinski definition) is 2. The molecule has 0 heterocycles. The summed E-state index contributed by atoms with van der Waals surface area (Å²) in [5, 5.41) is 0. The van der Waals surface area contributed by atoms with Crippen molar-refractivity contribution in [1.82, 2.24) is 0 Å². The van der Waals surface area contributed by atoms with Gasteiger partial charge in [-0.3, -0.25) is 4.99 Å². The number of benzene rings is 2. The van der Waals surface area contributed by atoms with Gasteiger partial charge in [-0.2, -0.15) is 0 Å². The summed E-state index contributed by atoms with van der Waals surface area (Å²) in [7, 11) is 0. The van der Waals surface area contributed by atoms with E-state index in [-0.39, 0.29) is 6.04 Å². The lowest BCUT2D eigenvalue weighted by Gasteiger charge is -2.09. The molecule has 1 unspecified atom stereocenters. The zero-order valence-corrected chi connectivity index (χ0v) is 10.8. The summed E-state index contributed by atoms with van der Waals surface area (Å²) in [5.74, 6) is 0. The molecule has 2 heteroatoms. The van der Waals surface area contributed by atoms with Gasteiger partial charge in [0.15, 0.2) is 0 Å². The molecule has 2 aromatic carbocycles. The maximum atomic E-state index is 5.94.